The first-order chi connectivity index (χ1) is 12.1. The Bertz CT molecular complexity index is 871. The van der Waals surface area contributed by atoms with E-state index in [0.717, 1.165) is 24.1 Å². The van der Waals surface area contributed by atoms with Crippen LogP contribution in [0.15, 0.2) is 48.5 Å². The molecule has 0 aliphatic heterocycles. The molecule has 0 saturated heterocycles. The van der Waals surface area contributed by atoms with Gasteiger partial charge in [-0.05, 0) is 37.5 Å². The van der Waals surface area contributed by atoms with Crippen molar-refractivity contribution in [1.82, 2.24) is 10.2 Å². The molecule has 0 bridgehead atoms. The average molecular weight is 341 g/mol. The lowest BCUT2D eigenvalue weighted by molar-refractivity contribution is 0.101. The highest BCUT2D eigenvalue weighted by Crippen LogP contribution is 2.22. The molecule has 1 heterocycles. The second-order valence-corrected chi connectivity index (χ2v) is 5.71. The number of benzene rings is 2. The highest BCUT2D eigenvalue weighted by Gasteiger charge is 2.20. The number of H-pyrrole nitrogens is 1. The third kappa shape index (κ3) is 3.74. The largest absolute Gasteiger partial charge is 0.319 e. The van der Waals surface area contributed by atoms with Gasteiger partial charge in [0.1, 0.15) is 17.2 Å². The third-order valence-electron chi connectivity index (χ3n) is 3.94. The number of carbonyl (C=O) groups excluding carboxylic acids is 1. The number of hydrogen-bond donors (Lipinski definition) is 2. The summed E-state index contributed by atoms with van der Waals surface area (Å²) < 4.78 is 27.6. The first-order valence-corrected chi connectivity index (χ1v) is 7.89. The van der Waals surface area contributed by atoms with E-state index in [1.807, 2.05) is 30.3 Å². The van der Waals surface area contributed by atoms with Crippen LogP contribution in [0.2, 0.25) is 0 Å². The molecule has 0 fully saturated rings. The normalized spacial score (nSPS) is 10.7. The third-order valence-corrected chi connectivity index (χ3v) is 3.94. The average Bonchev–Trinajstić information content (AvgIpc) is 2.94. The number of aryl methyl sites for hydroxylation is 3. The van der Waals surface area contributed by atoms with Crippen LogP contribution in [0.3, 0.4) is 0 Å². The maximum Gasteiger partial charge on any atom is 0.261 e. The highest BCUT2D eigenvalue weighted by molar-refractivity contribution is 6.05. The smallest absolute Gasteiger partial charge is 0.261 e. The Labute approximate surface area is 143 Å². The topological polar surface area (TPSA) is 57.8 Å². The quantitative estimate of drug-likeness (QED) is 0.736. The van der Waals surface area contributed by atoms with Crippen LogP contribution in [0.1, 0.15) is 27.3 Å². The molecule has 0 aliphatic carbocycles. The van der Waals surface area contributed by atoms with Crippen molar-refractivity contribution in [2.45, 2.75) is 19.8 Å². The monoisotopic (exact) mass is 341 g/mol. The van der Waals surface area contributed by atoms with Crippen molar-refractivity contribution in [2.24, 2.45) is 0 Å². The molecular weight excluding hydrogens is 324 g/mol. The number of carbonyl (C=O) groups is 1. The fraction of sp³-hybridized carbons (Fsp3) is 0.158. The van der Waals surface area contributed by atoms with Crippen molar-refractivity contribution < 1.29 is 13.6 Å². The van der Waals surface area contributed by atoms with Gasteiger partial charge in [-0.3, -0.25) is 9.89 Å². The van der Waals surface area contributed by atoms with Gasteiger partial charge in [0.05, 0.1) is 17.1 Å². The van der Waals surface area contributed by atoms with E-state index in [1.54, 1.807) is 6.92 Å². The Balaban J connectivity index is 1.79. The van der Waals surface area contributed by atoms with Crippen molar-refractivity contribution in [3.05, 3.63) is 82.7 Å². The highest BCUT2D eigenvalue weighted by atomic mass is 19.1. The fourth-order valence-electron chi connectivity index (χ4n) is 2.62. The van der Waals surface area contributed by atoms with Crippen LogP contribution in [0.5, 0.6) is 0 Å². The van der Waals surface area contributed by atoms with E-state index in [1.165, 1.54) is 6.07 Å². The molecule has 128 valence electrons. The predicted octanol–water partition coefficient (Wildman–Crippen LogP) is 4.03. The molecule has 0 radical (unpaired) electrons. The zero-order valence-corrected chi connectivity index (χ0v) is 13.6. The summed E-state index contributed by atoms with van der Waals surface area (Å²) in [5.74, 6) is -2.63. The van der Waals surface area contributed by atoms with Crippen molar-refractivity contribution in [2.75, 3.05) is 5.32 Å². The number of rotatable bonds is 5. The van der Waals surface area contributed by atoms with Crippen LogP contribution in [0.4, 0.5) is 14.5 Å². The zero-order chi connectivity index (χ0) is 17.8. The predicted molar refractivity (Wildman–Crippen MR) is 91.5 cm³/mol. The molecule has 4 nitrogen and oxygen atoms in total. The number of halogens is 2. The van der Waals surface area contributed by atoms with Gasteiger partial charge in [0.25, 0.3) is 5.91 Å². The van der Waals surface area contributed by atoms with Crippen LogP contribution in [0.25, 0.3) is 0 Å². The Kier molecular flexibility index (Phi) is 4.88. The summed E-state index contributed by atoms with van der Waals surface area (Å²) in [6.45, 7) is 1.74. The lowest BCUT2D eigenvalue weighted by Crippen LogP contribution is -2.17. The van der Waals surface area contributed by atoms with E-state index in [0.29, 0.717) is 23.5 Å². The minimum Gasteiger partial charge on any atom is -0.319 e. The van der Waals surface area contributed by atoms with Crippen molar-refractivity contribution in [3.8, 4) is 0 Å². The lowest BCUT2D eigenvalue weighted by atomic mass is 10.1. The van der Waals surface area contributed by atoms with Gasteiger partial charge < -0.3 is 5.32 Å². The molecule has 6 heteroatoms. The van der Waals surface area contributed by atoms with E-state index >= 15 is 0 Å². The summed E-state index contributed by atoms with van der Waals surface area (Å²) in [5.41, 5.74) is 2.28. The van der Waals surface area contributed by atoms with Crippen molar-refractivity contribution in [3.63, 3.8) is 0 Å². The van der Waals surface area contributed by atoms with Crippen molar-refractivity contribution >= 4 is 11.6 Å². The van der Waals surface area contributed by atoms with E-state index < -0.39 is 23.1 Å². The number of aromatic amines is 1. The molecule has 0 atom stereocenters. The van der Waals surface area contributed by atoms with E-state index in [-0.39, 0.29) is 0 Å². The standard InChI is InChI=1S/C19H17F2N3O/c1-12-18(22-19(25)17-14(20)8-5-9-15(17)21)16(24-23-12)11-10-13-6-3-2-4-7-13/h2-9H,10-11H2,1H3,(H,22,25)(H,23,24). The van der Waals surface area contributed by atoms with Crippen LogP contribution < -0.4 is 5.32 Å². The molecule has 0 unspecified atom stereocenters. The molecule has 3 aromatic rings. The minimum atomic E-state index is -0.899. The van der Waals surface area contributed by atoms with E-state index in [9.17, 15) is 13.6 Å². The maximum absolute atomic E-state index is 13.8. The van der Waals surface area contributed by atoms with Gasteiger partial charge in [-0.25, -0.2) is 8.78 Å². The van der Waals surface area contributed by atoms with Gasteiger partial charge in [-0.1, -0.05) is 36.4 Å². The molecule has 3 rings (SSSR count). The molecule has 0 saturated carbocycles. The summed E-state index contributed by atoms with van der Waals surface area (Å²) in [5, 5.41) is 9.58. The number of nitrogens with one attached hydrogen (secondary N) is 2. The molecule has 1 aromatic heterocycles. The van der Waals surface area contributed by atoms with E-state index in [2.05, 4.69) is 15.5 Å². The summed E-state index contributed by atoms with van der Waals surface area (Å²) >= 11 is 0. The van der Waals surface area contributed by atoms with Gasteiger partial charge in [0.15, 0.2) is 0 Å². The maximum atomic E-state index is 13.8. The summed E-state index contributed by atoms with van der Waals surface area (Å²) in [6, 6.07) is 13.2. The van der Waals surface area contributed by atoms with Gasteiger partial charge in [-0.15, -0.1) is 0 Å². The van der Waals surface area contributed by atoms with Crippen molar-refractivity contribution in [1.29, 1.82) is 0 Å². The Hall–Kier alpha value is -3.02. The number of anilines is 1. The first-order valence-electron chi connectivity index (χ1n) is 7.89. The van der Waals surface area contributed by atoms with E-state index in [4.69, 9.17) is 0 Å². The zero-order valence-electron chi connectivity index (χ0n) is 13.6. The summed E-state index contributed by atoms with van der Waals surface area (Å²) in [4.78, 5) is 12.3. The molecule has 25 heavy (non-hydrogen) atoms. The Morgan fingerprint density at radius 2 is 1.72 bits per heavy atom. The second-order valence-electron chi connectivity index (χ2n) is 5.71. The van der Waals surface area contributed by atoms with Gasteiger partial charge in [0.2, 0.25) is 0 Å². The molecule has 2 aromatic carbocycles. The van der Waals surface area contributed by atoms with Crippen LogP contribution in [-0.4, -0.2) is 16.1 Å². The lowest BCUT2D eigenvalue weighted by Gasteiger charge is -2.08. The molecule has 0 aliphatic rings. The van der Waals surface area contributed by atoms with Gasteiger partial charge >= 0.3 is 0 Å². The second kappa shape index (κ2) is 7.25. The number of amides is 1. The Morgan fingerprint density at radius 3 is 2.40 bits per heavy atom. The van der Waals surface area contributed by atoms with Crippen LogP contribution in [0, 0.1) is 18.6 Å². The first kappa shape index (κ1) is 16.8. The molecule has 2 N–H and O–H groups in total. The molecule has 0 spiro atoms. The van der Waals surface area contributed by atoms with Crippen LogP contribution in [-0.2, 0) is 12.8 Å². The summed E-state index contributed by atoms with van der Waals surface area (Å²) in [6.07, 6.45) is 1.33. The van der Waals surface area contributed by atoms with Crippen LogP contribution >= 0.6 is 0 Å². The Morgan fingerprint density at radius 1 is 1.04 bits per heavy atom. The number of nitrogens with zero attached hydrogens (tertiary/aromatic N) is 1. The SMILES string of the molecule is Cc1[nH]nc(CCc2ccccc2)c1NC(=O)c1c(F)cccc1F. The van der Waals surface area contributed by atoms with Gasteiger partial charge in [0, 0.05) is 0 Å². The summed E-state index contributed by atoms with van der Waals surface area (Å²) in [7, 11) is 0. The number of hydrogen-bond acceptors (Lipinski definition) is 2. The minimum absolute atomic E-state index is 0.462. The number of aromatic nitrogens is 2. The van der Waals surface area contributed by atoms with Gasteiger partial charge in [-0.2, -0.15) is 5.10 Å². The molecule has 1 amide bonds. The fourth-order valence-corrected chi connectivity index (χ4v) is 2.62. The molecular formula is C19H17F2N3O.